The third kappa shape index (κ3) is 2.30. The van der Waals surface area contributed by atoms with E-state index in [2.05, 4.69) is 39.2 Å². The molecule has 0 fully saturated rings. The Morgan fingerprint density at radius 2 is 2.33 bits per heavy atom. The number of aryl methyl sites for hydroxylation is 1. The van der Waals surface area contributed by atoms with Gasteiger partial charge in [0.2, 0.25) is 0 Å². The van der Waals surface area contributed by atoms with Gasteiger partial charge in [0, 0.05) is 13.5 Å². The summed E-state index contributed by atoms with van der Waals surface area (Å²) < 4.78 is 3.04. The van der Waals surface area contributed by atoms with Gasteiger partial charge >= 0.3 is 0 Å². The Labute approximate surface area is 101 Å². The molecule has 0 aliphatic rings. The smallest absolute Gasteiger partial charge is 0.0781 e. The second-order valence-corrected chi connectivity index (χ2v) is 5.75. The first-order valence-electron chi connectivity index (χ1n) is 4.69. The van der Waals surface area contributed by atoms with E-state index in [0.717, 1.165) is 21.6 Å². The Kier molecular flexibility index (Phi) is 3.23. The van der Waals surface area contributed by atoms with Gasteiger partial charge in [-0.2, -0.15) is 5.10 Å². The molecule has 3 nitrogen and oxygen atoms in total. The Hall–Kier alpha value is -0.650. The van der Waals surface area contributed by atoms with Gasteiger partial charge in [0.05, 0.1) is 20.1 Å². The van der Waals surface area contributed by atoms with Crippen molar-refractivity contribution in [2.24, 2.45) is 12.8 Å². The van der Waals surface area contributed by atoms with Crippen molar-refractivity contribution in [3.05, 3.63) is 27.7 Å². The molecule has 5 heteroatoms. The maximum Gasteiger partial charge on any atom is 0.0781 e. The molecule has 2 heterocycles. The molecule has 0 aromatic carbocycles. The second kappa shape index (κ2) is 4.47. The minimum atomic E-state index is 0.643. The first-order valence-corrected chi connectivity index (χ1v) is 6.30. The van der Waals surface area contributed by atoms with Crippen LogP contribution in [0.4, 0.5) is 0 Å². The standard InChI is InChI=1S/C10H12BrN3S/c1-14-8(6-7(13-14)4-5-12)9-2-3-10(11)15-9/h2-3,6H,4-5,12H2,1H3. The molecule has 0 spiro atoms. The summed E-state index contributed by atoms with van der Waals surface area (Å²) in [6.45, 7) is 0.643. The fraction of sp³-hybridized carbons (Fsp3) is 0.300. The average molecular weight is 286 g/mol. The minimum absolute atomic E-state index is 0.643. The van der Waals surface area contributed by atoms with Gasteiger partial charge in [-0.25, -0.2) is 0 Å². The van der Waals surface area contributed by atoms with Crippen molar-refractivity contribution in [1.29, 1.82) is 0 Å². The summed E-state index contributed by atoms with van der Waals surface area (Å²) in [6.07, 6.45) is 0.834. The molecule has 80 valence electrons. The van der Waals surface area contributed by atoms with E-state index in [0.29, 0.717) is 6.54 Å². The number of aromatic nitrogens is 2. The summed E-state index contributed by atoms with van der Waals surface area (Å²) in [5.74, 6) is 0. The molecule has 2 aromatic heterocycles. The summed E-state index contributed by atoms with van der Waals surface area (Å²) in [5.41, 5.74) is 7.71. The molecule has 0 amide bonds. The molecule has 0 saturated heterocycles. The van der Waals surface area contributed by atoms with Crippen molar-refractivity contribution in [1.82, 2.24) is 9.78 Å². The number of rotatable bonds is 3. The van der Waals surface area contributed by atoms with E-state index >= 15 is 0 Å². The zero-order valence-electron chi connectivity index (χ0n) is 8.40. The Morgan fingerprint density at radius 3 is 2.93 bits per heavy atom. The highest BCUT2D eigenvalue weighted by molar-refractivity contribution is 9.11. The van der Waals surface area contributed by atoms with Crippen LogP contribution in [0.2, 0.25) is 0 Å². The Balaban J connectivity index is 2.35. The molecule has 0 aliphatic carbocycles. The molecule has 0 radical (unpaired) electrons. The molecule has 0 aliphatic heterocycles. The van der Waals surface area contributed by atoms with Crippen LogP contribution in [-0.2, 0) is 13.5 Å². The predicted molar refractivity (Wildman–Crippen MR) is 67.0 cm³/mol. The summed E-state index contributed by atoms with van der Waals surface area (Å²) in [6, 6.07) is 6.25. The molecule has 0 atom stereocenters. The summed E-state index contributed by atoms with van der Waals surface area (Å²) in [4.78, 5) is 1.22. The van der Waals surface area contributed by atoms with E-state index in [1.807, 2.05) is 11.7 Å². The third-order valence-corrected chi connectivity index (χ3v) is 3.80. The van der Waals surface area contributed by atoms with Crippen molar-refractivity contribution < 1.29 is 0 Å². The van der Waals surface area contributed by atoms with Crippen molar-refractivity contribution >= 4 is 27.3 Å². The van der Waals surface area contributed by atoms with E-state index in [1.54, 1.807) is 11.3 Å². The predicted octanol–water partition coefficient (Wildman–Crippen LogP) is 2.41. The van der Waals surface area contributed by atoms with Crippen molar-refractivity contribution in [3.63, 3.8) is 0 Å². The maximum absolute atomic E-state index is 5.51. The summed E-state index contributed by atoms with van der Waals surface area (Å²) >= 11 is 5.17. The van der Waals surface area contributed by atoms with Gasteiger partial charge in [-0.3, -0.25) is 4.68 Å². The highest BCUT2D eigenvalue weighted by Crippen LogP contribution is 2.31. The molecule has 15 heavy (non-hydrogen) atoms. The largest absolute Gasteiger partial charge is 0.330 e. The van der Waals surface area contributed by atoms with Crippen molar-refractivity contribution in [2.45, 2.75) is 6.42 Å². The van der Waals surface area contributed by atoms with Crippen molar-refractivity contribution in [3.8, 4) is 10.6 Å². The van der Waals surface area contributed by atoms with Gasteiger partial charge in [0.25, 0.3) is 0 Å². The number of nitrogens with zero attached hydrogens (tertiary/aromatic N) is 2. The second-order valence-electron chi connectivity index (χ2n) is 3.29. The first-order chi connectivity index (χ1) is 7.20. The van der Waals surface area contributed by atoms with Gasteiger partial charge in [-0.1, -0.05) is 0 Å². The van der Waals surface area contributed by atoms with Crippen LogP contribution < -0.4 is 5.73 Å². The van der Waals surface area contributed by atoms with Crippen LogP contribution in [0, 0.1) is 0 Å². The van der Waals surface area contributed by atoms with E-state index in [-0.39, 0.29) is 0 Å². The van der Waals surface area contributed by atoms with E-state index in [1.165, 1.54) is 4.88 Å². The van der Waals surface area contributed by atoms with Gasteiger partial charge in [-0.15, -0.1) is 11.3 Å². The molecular formula is C10H12BrN3S. The summed E-state index contributed by atoms with van der Waals surface area (Å²) in [5, 5.41) is 4.41. The first kappa shape index (κ1) is 10.9. The van der Waals surface area contributed by atoms with Crippen LogP contribution in [0.3, 0.4) is 0 Å². The average Bonchev–Trinajstić information content (AvgIpc) is 2.73. The molecule has 0 saturated carbocycles. The maximum atomic E-state index is 5.51. The number of hydrogen-bond donors (Lipinski definition) is 1. The topological polar surface area (TPSA) is 43.8 Å². The molecule has 0 unspecified atom stereocenters. The number of nitrogens with two attached hydrogens (primary N) is 1. The lowest BCUT2D eigenvalue weighted by Gasteiger charge is -1.95. The molecule has 2 aromatic rings. The van der Waals surface area contributed by atoms with Gasteiger partial charge in [0.1, 0.15) is 0 Å². The normalized spacial score (nSPS) is 10.9. The highest BCUT2D eigenvalue weighted by Gasteiger charge is 2.08. The fourth-order valence-electron chi connectivity index (χ4n) is 1.48. The van der Waals surface area contributed by atoms with Gasteiger partial charge < -0.3 is 5.73 Å². The molecular weight excluding hydrogens is 274 g/mol. The SMILES string of the molecule is Cn1nc(CCN)cc1-c1ccc(Br)s1. The lowest BCUT2D eigenvalue weighted by atomic mass is 10.2. The monoisotopic (exact) mass is 285 g/mol. The van der Waals surface area contributed by atoms with Crippen LogP contribution in [0.15, 0.2) is 22.0 Å². The van der Waals surface area contributed by atoms with Crippen LogP contribution in [0.5, 0.6) is 0 Å². The molecule has 2 N–H and O–H groups in total. The number of thiophene rings is 1. The zero-order valence-corrected chi connectivity index (χ0v) is 10.8. The van der Waals surface area contributed by atoms with Crippen LogP contribution in [-0.4, -0.2) is 16.3 Å². The van der Waals surface area contributed by atoms with Crippen LogP contribution in [0.1, 0.15) is 5.69 Å². The summed E-state index contributed by atoms with van der Waals surface area (Å²) in [7, 11) is 1.96. The van der Waals surface area contributed by atoms with Crippen LogP contribution in [0.25, 0.3) is 10.6 Å². The lowest BCUT2D eigenvalue weighted by Crippen LogP contribution is -2.03. The molecule has 0 bridgehead atoms. The highest BCUT2D eigenvalue weighted by atomic mass is 79.9. The van der Waals surface area contributed by atoms with Gasteiger partial charge in [0.15, 0.2) is 0 Å². The van der Waals surface area contributed by atoms with E-state index < -0.39 is 0 Å². The molecule has 2 rings (SSSR count). The minimum Gasteiger partial charge on any atom is -0.330 e. The zero-order chi connectivity index (χ0) is 10.8. The Morgan fingerprint density at radius 1 is 1.53 bits per heavy atom. The van der Waals surface area contributed by atoms with Crippen LogP contribution >= 0.6 is 27.3 Å². The third-order valence-electron chi connectivity index (χ3n) is 2.16. The van der Waals surface area contributed by atoms with E-state index in [9.17, 15) is 0 Å². The van der Waals surface area contributed by atoms with E-state index in [4.69, 9.17) is 5.73 Å². The van der Waals surface area contributed by atoms with Crippen molar-refractivity contribution in [2.75, 3.05) is 6.54 Å². The van der Waals surface area contributed by atoms with Gasteiger partial charge in [-0.05, 0) is 40.7 Å². The lowest BCUT2D eigenvalue weighted by molar-refractivity contribution is 0.746. The number of hydrogen-bond acceptors (Lipinski definition) is 3. The quantitative estimate of drug-likeness (QED) is 0.941. The number of halogens is 1. The Bertz CT molecular complexity index is 461. The fourth-order valence-corrected chi connectivity index (χ4v) is 2.91.